The Morgan fingerprint density at radius 3 is 2.44 bits per heavy atom. The molecule has 1 aliphatic heterocycles. The number of esters is 2. The topological polar surface area (TPSA) is 114 Å². The van der Waals surface area contributed by atoms with Gasteiger partial charge in [0.05, 0.1) is 6.04 Å². The molecule has 1 aliphatic rings. The van der Waals surface area contributed by atoms with Crippen molar-refractivity contribution in [3.63, 3.8) is 0 Å². The third-order valence-electron chi connectivity index (χ3n) is 3.73. The van der Waals surface area contributed by atoms with E-state index in [0.717, 1.165) is 4.90 Å². The summed E-state index contributed by atoms with van der Waals surface area (Å²) >= 11 is 7.15. The first-order valence-electron chi connectivity index (χ1n) is 8.04. The fourth-order valence-corrected chi connectivity index (χ4v) is 3.85. The molecule has 10 heteroatoms. The quantitative estimate of drug-likeness (QED) is 0.400. The van der Waals surface area contributed by atoms with E-state index in [9.17, 15) is 14.4 Å². The van der Waals surface area contributed by atoms with E-state index >= 15 is 0 Å². The summed E-state index contributed by atoms with van der Waals surface area (Å²) in [5, 5.41) is 0.573. The van der Waals surface area contributed by atoms with E-state index in [0.29, 0.717) is 5.02 Å². The van der Waals surface area contributed by atoms with Crippen LogP contribution in [0.5, 0.6) is 0 Å². The van der Waals surface area contributed by atoms with Crippen LogP contribution in [-0.4, -0.2) is 54.8 Å². The maximum atomic E-state index is 11.4. The van der Waals surface area contributed by atoms with Gasteiger partial charge in [0.2, 0.25) is 0 Å². The van der Waals surface area contributed by atoms with Gasteiger partial charge in [0.15, 0.2) is 6.10 Å². The maximum Gasteiger partial charge on any atom is 0.303 e. The van der Waals surface area contributed by atoms with Crippen molar-refractivity contribution in [2.45, 2.75) is 48.5 Å². The third-order valence-corrected chi connectivity index (χ3v) is 5.14. The zero-order valence-electron chi connectivity index (χ0n) is 14.7. The minimum Gasteiger partial charge on any atom is -0.463 e. The zero-order valence-corrected chi connectivity index (χ0v) is 16.3. The summed E-state index contributed by atoms with van der Waals surface area (Å²) in [6.07, 6.45) is -2.65. The molecule has 1 heterocycles. The molecule has 1 saturated heterocycles. The van der Waals surface area contributed by atoms with Gasteiger partial charge in [0.1, 0.15) is 24.3 Å². The van der Waals surface area contributed by atoms with Crippen molar-refractivity contribution in [3.05, 3.63) is 29.3 Å². The SMILES string of the molecule is CC(=O)OCC1OC(Sc2ccc(Cl)cc2)C(OC=O)C(N)C1OC(C)=O. The van der Waals surface area contributed by atoms with Gasteiger partial charge in [-0.2, -0.15) is 0 Å². The second-order valence-corrected chi connectivity index (χ2v) is 7.37. The molecule has 1 aromatic rings. The zero-order chi connectivity index (χ0) is 20.0. The van der Waals surface area contributed by atoms with Gasteiger partial charge in [-0.15, -0.1) is 0 Å². The Labute approximate surface area is 165 Å². The Morgan fingerprint density at radius 1 is 1.22 bits per heavy atom. The average Bonchev–Trinajstić information content (AvgIpc) is 2.60. The van der Waals surface area contributed by atoms with E-state index < -0.39 is 41.7 Å². The standard InChI is InChI=1S/C17H20ClNO7S/c1-9(21)23-7-13-15(25-10(2)22)14(19)16(24-8-20)17(26-13)27-12-5-3-11(18)4-6-12/h3-6,8,13-17H,7,19H2,1-2H3. The predicted octanol–water partition coefficient (Wildman–Crippen LogP) is 1.52. The maximum absolute atomic E-state index is 11.4. The normalized spacial score (nSPS) is 27.5. The molecule has 0 radical (unpaired) electrons. The number of benzene rings is 1. The number of ether oxygens (including phenoxy) is 4. The minimum atomic E-state index is -0.950. The minimum absolute atomic E-state index is 0.160. The molecule has 2 rings (SSSR count). The highest BCUT2D eigenvalue weighted by Crippen LogP contribution is 2.35. The van der Waals surface area contributed by atoms with Crippen molar-refractivity contribution in [3.8, 4) is 0 Å². The fourth-order valence-electron chi connectivity index (χ4n) is 2.58. The van der Waals surface area contributed by atoms with Crippen molar-refractivity contribution in [1.29, 1.82) is 0 Å². The second kappa shape index (κ2) is 9.93. The second-order valence-electron chi connectivity index (χ2n) is 5.77. The van der Waals surface area contributed by atoms with E-state index in [1.165, 1.54) is 25.6 Å². The highest BCUT2D eigenvalue weighted by molar-refractivity contribution is 7.99. The summed E-state index contributed by atoms with van der Waals surface area (Å²) in [4.78, 5) is 34.4. The van der Waals surface area contributed by atoms with Crippen molar-refractivity contribution in [1.82, 2.24) is 0 Å². The molecule has 1 fully saturated rings. The Bertz CT molecular complexity index is 672. The molecule has 0 bridgehead atoms. The first kappa shape index (κ1) is 21.5. The summed E-state index contributed by atoms with van der Waals surface area (Å²) in [6, 6.07) is 6.09. The number of carbonyl (C=O) groups is 3. The lowest BCUT2D eigenvalue weighted by molar-refractivity contribution is -0.197. The highest BCUT2D eigenvalue weighted by Gasteiger charge is 2.48. The number of halogens is 1. The molecule has 0 spiro atoms. The predicted molar refractivity (Wildman–Crippen MR) is 97.1 cm³/mol. The summed E-state index contributed by atoms with van der Waals surface area (Å²) in [6.45, 7) is 2.58. The van der Waals surface area contributed by atoms with E-state index in [1.807, 2.05) is 0 Å². The molecule has 0 aliphatic carbocycles. The van der Waals surface area contributed by atoms with Crippen LogP contribution in [0.4, 0.5) is 0 Å². The van der Waals surface area contributed by atoms with Crippen molar-refractivity contribution in [2.75, 3.05) is 6.61 Å². The first-order chi connectivity index (χ1) is 12.8. The number of nitrogens with two attached hydrogens (primary N) is 1. The molecular formula is C17H20ClNO7S. The monoisotopic (exact) mass is 417 g/mol. The Hall–Kier alpha value is -1.81. The summed E-state index contributed by atoms with van der Waals surface area (Å²) in [5.74, 6) is -1.09. The molecule has 1 aromatic carbocycles. The molecule has 2 N–H and O–H groups in total. The van der Waals surface area contributed by atoms with Gasteiger partial charge in [-0.1, -0.05) is 23.4 Å². The number of thioether (sulfide) groups is 1. The van der Waals surface area contributed by atoms with Crippen LogP contribution in [0.3, 0.4) is 0 Å². The van der Waals surface area contributed by atoms with Crippen LogP contribution < -0.4 is 5.73 Å². The van der Waals surface area contributed by atoms with Gasteiger partial charge in [0, 0.05) is 23.8 Å². The van der Waals surface area contributed by atoms with Gasteiger partial charge in [-0.3, -0.25) is 14.4 Å². The molecule has 0 amide bonds. The molecule has 27 heavy (non-hydrogen) atoms. The lowest BCUT2D eigenvalue weighted by Crippen LogP contribution is -2.63. The Balaban J connectivity index is 2.24. The first-order valence-corrected chi connectivity index (χ1v) is 9.30. The van der Waals surface area contributed by atoms with Crippen molar-refractivity contribution >= 4 is 41.8 Å². The lowest BCUT2D eigenvalue weighted by atomic mass is 9.97. The number of hydrogen-bond acceptors (Lipinski definition) is 9. The number of hydrogen-bond donors (Lipinski definition) is 1. The average molecular weight is 418 g/mol. The number of rotatable bonds is 7. The fraction of sp³-hybridized carbons (Fsp3) is 0.471. The van der Waals surface area contributed by atoms with Crippen LogP contribution in [-0.2, 0) is 33.3 Å². The Morgan fingerprint density at radius 2 is 1.89 bits per heavy atom. The smallest absolute Gasteiger partial charge is 0.303 e. The van der Waals surface area contributed by atoms with Gasteiger partial charge in [-0.05, 0) is 24.3 Å². The van der Waals surface area contributed by atoms with Gasteiger partial charge >= 0.3 is 11.9 Å². The van der Waals surface area contributed by atoms with Crippen LogP contribution in [0, 0.1) is 0 Å². The summed E-state index contributed by atoms with van der Waals surface area (Å²) in [7, 11) is 0. The van der Waals surface area contributed by atoms with E-state index in [2.05, 4.69) is 0 Å². The van der Waals surface area contributed by atoms with E-state index in [4.69, 9.17) is 36.3 Å². The van der Waals surface area contributed by atoms with Crippen molar-refractivity contribution < 1.29 is 33.3 Å². The lowest BCUT2D eigenvalue weighted by Gasteiger charge is -2.43. The number of carbonyl (C=O) groups excluding carboxylic acids is 3. The summed E-state index contributed by atoms with van der Waals surface area (Å²) < 4.78 is 21.3. The molecule has 8 nitrogen and oxygen atoms in total. The molecule has 5 unspecified atom stereocenters. The van der Waals surface area contributed by atoms with Crippen LogP contribution in [0.2, 0.25) is 5.02 Å². The third kappa shape index (κ3) is 6.10. The molecular weight excluding hydrogens is 398 g/mol. The van der Waals surface area contributed by atoms with Crippen LogP contribution >= 0.6 is 23.4 Å². The van der Waals surface area contributed by atoms with Crippen molar-refractivity contribution in [2.24, 2.45) is 5.73 Å². The molecule has 148 valence electrons. The van der Waals surface area contributed by atoms with Gasteiger partial charge in [0.25, 0.3) is 6.47 Å². The molecule has 0 saturated carbocycles. The van der Waals surface area contributed by atoms with Gasteiger partial charge in [-0.25, -0.2) is 0 Å². The van der Waals surface area contributed by atoms with E-state index in [1.54, 1.807) is 24.3 Å². The summed E-state index contributed by atoms with van der Waals surface area (Å²) in [5.41, 5.74) is 5.50. The van der Waals surface area contributed by atoms with E-state index in [-0.39, 0.29) is 13.1 Å². The van der Waals surface area contributed by atoms with Crippen LogP contribution in [0.25, 0.3) is 0 Å². The molecule has 0 aromatic heterocycles. The highest BCUT2D eigenvalue weighted by atomic mass is 35.5. The largest absolute Gasteiger partial charge is 0.463 e. The van der Waals surface area contributed by atoms with Crippen LogP contribution in [0.15, 0.2) is 29.2 Å². The van der Waals surface area contributed by atoms with Gasteiger partial charge < -0.3 is 24.7 Å². The Kier molecular flexibility index (Phi) is 7.91. The molecule has 5 atom stereocenters. The van der Waals surface area contributed by atoms with Crippen LogP contribution in [0.1, 0.15) is 13.8 Å².